The van der Waals surface area contributed by atoms with Crippen molar-refractivity contribution < 1.29 is 14.7 Å². The highest BCUT2D eigenvalue weighted by Crippen LogP contribution is 2.22. The number of aliphatic hydroxyl groups is 1. The SMILES string of the molecule is CCC(=O)N1CCCCC1C(=O)NCC(O)c1ccccc1Cl. The third-order valence-electron chi connectivity index (χ3n) is 4.16. The summed E-state index contributed by atoms with van der Waals surface area (Å²) in [4.78, 5) is 26.0. The zero-order chi connectivity index (χ0) is 16.8. The molecule has 0 saturated carbocycles. The van der Waals surface area contributed by atoms with E-state index in [-0.39, 0.29) is 18.4 Å². The van der Waals surface area contributed by atoms with Gasteiger partial charge >= 0.3 is 0 Å². The summed E-state index contributed by atoms with van der Waals surface area (Å²) in [6.07, 6.45) is 2.05. The minimum absolute atomic E-state index is 0.00324. The van der Waals surface area contributed by atoms with E-state index in [0.717, 1.165) is 12.8 Å². The minimum Gasteiger partial charge on any atom is -0.387 e. The van der Waals surface area contributed by atoms with Crippen LogP contribution in [0.15, 0.2) is 24.3 Å². The number of hydrogen-bond donors (Lipinski definition) is 2. The number of hydrogen-bond acceptors (Lipinski definition) is 3. The van der Waals surface area contributed by atoms with E-state index in [9.17, 15) is 14.7 Å². The number of rotatable bonds is 5. The van der Waals surface area contributed by atoms with Crippen LogP contribution in [0.1, 0.15) is 44.3 Å². The van der Waals surface area contributed by atoms with Crippen LogP contribution in [0.2, 0.25) is 5.02 Å². The Bertz CT molecular complexity index is 565. The van der Waals surface area contributed by atoms with E-state index in [4.69, 9.17) is 11.6 Å². The minimum atomic E-state index is -0.869. The zero-order valence-corrected chi connectivity index (χ0v) is 14.1. The van der Waals surface area contributed by atoms with E-state index in [0.29, 0.717) is 30.0 Å². The first-order chi connectivity index (χ1) is 11.0. The van der Waals surface area contributed by atoms with E-state index in [1.54, 1.807) is 36.1 Å². The Hall–Kier alpha value is -1.59. The molecule has 23 heavy (non-hydrogen) atoms. The van der Waals surface area contributed by atoms with Crippen molar-refractivity contribution in [1.82, 2.24) is 10.2 Å². The van der Waals surface area contributed by atoms with Gasteiger partial charge in [-0.05, 0) is 25.3 Å². The van der Waals surface area contributed by atoms with Gasteiger partial charge in [-0.3, -0.25) is 9.59 Å². The Balaban J connectivity index is 1.95. The smallest absolute Gasteiger partial charge is 0.242 e. The highest BCUT2D eigenvalue weighted by atomic mass is 35.5. The van der Waals surface area contributed by atoms with E-state index in [1.807, 2.05) is 0 Å². The average Bonchev–Trinajstić information content (AvgIpc) is 2.59. The van der Waals surface area contributed by atoms with Gasteiger partial charge < -0.3 is 15.3 Å². The van der Waals surface area contributed by atoms with Gasteiger partial charge in [0.25, 0.3) is 0 Å². The van der Waals surface area contributed by atoms with E-state index in [1.165, 1.54) is 0 Å². The fraction of sp³-hybridized carbons (Fsp3) is 0.529. The summed E-state index contributed by atoms with van der Waals surface area (Å²) in [5, 5.41) is 13.4. The molecule has 0 aliphatic carbocycles. The molecule has 0 aromatic heterocycles. The number of halogens is 1. The molecule has 0 radical (unpaired) electrons. The molecule has 2 rings (SSSR count). The molecule has 1 aromatic rings. The lowest BCUT2D eigenvalue weighted by atomic mass is 10.0. The predicted octanol–water partition coefficient (Wildman–Crippen LogP) is 2.28. The average molecular weight is 339 g/mol. The Kier molecular flexibility index (Phi) is 6.42. The van der Waals surface area contributed by atoms with Crippen LogP contribution in [0.3, 0.4) is 0 Å². The molecular formula is C17H23ClN2O3. The second-order valence-electron chi connectivity index (χ2n) is 5.73. The number of amides is 2. The Morgan fingerprint density at radius 2 is 2.13 bits per heavy atom. The molecule has 2 N–H and O–H groups in total. The van der Waals surface area contributed by atoms with Crippen LogP contribution >= 0.6 is 11.6 Å². The van der Waals surface area contributed by atoms with Crippen molar-refractivity contribution in [3.05, 3.63) is 34.9 Å². The quantitative estimate of drug-likeness (QED) is 0.865. The van der Waals surface area contributed by atoms with Gasteiger partial charge in [0.15, 0.2) is 0 Å². The van der Waals surface area contributed by atoms with Gasteiger partial charge in [0, 0.05) is 30.1 Å². The molecule has 2 unspecified atom stereocenters. The van der Waals surface area contributed by atoms with Crippen molar-refractivity contribution in [3.63, 3.8) is 0 Å². The standard InChI is InChI=1S/C17H23ClN2O3/c1-2-16(22)20-10-6-5-9-14(20)17(23)19-11-15(21)12-7-3-4-8-13(12)18/h3-4,7-8,14-15,21H,2,5-6,9-11H2,1H3,(H,19,23). The fourth-order valence-corrected chi connectivity index (χ4v) is 3.14. The number of nitrogens with zero attached hydrogens (tertiary/aromatic N) is 1. The van der Waals surface area contributed by atoms with Crippen molar-refractivity contribution in [2.24, 2.45) is 0 Å². The maximum Gasteiger partial charge on any atom is 0.242 e. The van der Waals surface area contributed by atoms with Gasteiger partial charge in [0.05, 0.1) is 6.10 Å². The summed E-state index contributed by atoms with van der Waals surface area (Å²) >= 11 is 6.04. The van der Waals surface area contributed by atoms with Crippen LogP contribution in [0.5, 0.6) is 0 Å². The highest BCUT2D eigenvalue weighted by molar-refractivity contribution is 6.31. The fourth-order valence-electron chi connectivity index (χ4n) is 2.88. The van der Waals surface area contributed by atoms with E-state index >= 15 is 0 Å². The zero-order valence-electron chi connectivity index (χ0n) is 13.3. The second kappa shape index (κ2) is 8.31. The highest BCUT2D eigenvalue weighted by Gasteiger charge is 2.31. The number of benzene rings is 1. The molecular weight excluding hydrogens is 316 g/mol. The molecule has 1 fully saturated rings. The first-order valence-electron chi connectivity index (χ1n) is 8.04. The Labute approximate surface area is 141 Å². The third-order valence-corrected chi connectivity index (χ3v) is 4.51. The molecule has 2 atom stereocenters. The molecule has 126 valence electrons. The summed E-state index contributed by atoms with van der Waals surface area (Å²) < 4.78 is 0. The first-order valence-corrected chi connectivity index (χ1v) is 8.42. The van der Waals surface area contributed by atoms with Crippen molar-refractivity contribution in [3.8, 4) is 0 Å². The number of carbonyl (C=O) groups is 2. The second-order valence-corrected chi connectivity index (χ2v) is 6.14. The van der Waals surface area contributed by atoms with Crippen LogP contribution in [-0.2, 0) is 9.59 Å². The van der Waals surface area contributed by atoms with Crippen LogP contribution < -0.4 is 5.32 Å². The van der Waals surface area contributed by atoms with Gasteiger partial charge in [-0.25, -0.2) is 0 Å². The van der Waals surface area contributed by atoms with Crippen LogP contribution in [0, 0.1) is 0 Å². The molecule has 0 bridgehead atoms. The first kappa shape index (κ1) is 17.8. The summed E-state index contributed by atoms with van der Waals surface area (Å²) in [6.45, 7) is 2.50. The maximum atomic E-state index is 12.4. The molecule has 5 nitrogen and oxygen atoms in total. The van der Waals surface area contributed by atoms with Gasteiger partial charge in [-0.15, -0.1) is 0 Å². The van der Waals surface area contributed by atoms with E-state index in [2.05, 4.69) is 5.32 Å². The lowest BCUT2D eigenvalue weighted by Gasteiger charge is -2.34. The number of piperidine rings is 1. The van der Waals surface area contributed by atoms with Crippen molar-refractivity contribution >= 4 is 23.4 Å². The van der Waals surface area contributed by atoms with Crippen LogP contribution in [-0.4, -0.2) is 41.0 Å². The molecule has 1 heterocycles. The topological polar surface area (TPSA) is 69.6 Å². The summed E-state index contributed by atoms with van der Waals surface area (Å²) in [7, 11) is 0. The molecule has 0 spiro atoms. The third kappa shape index (κ3) is 4.45. The summed E-state index contributed by atoms with van der Waals surface area (Å²) in [5.74, 6) is -0.214. The van der Waals surface area contributed by atoms with Crippen LogP contribution in [0.25, 0.3) is 0 Å². The summed E-state index contributed by atoms with van der Waals surface area (Å²) in [6, 6.07) is 6.56. The number of likely N-dealkylation sites (tertiary alicyclic amines) is 1. The monoisotopic (exact) mass is 338 g/mol. The molecule has 1 aromatic carbocycles. The lowest BCUT2D eigenvalue weighted by Crippen LogP contribution is -2.52. The van der Waals surface area contributed by atoms with E-state index < -0.39 is 12.1 Å². The Morgan fingerprint density at radius 3 is 2.83 bits per heavy atom. The normalized spacial score (nSPS) is 19.3. The van der Waals surface area contributed by atoms with Crippen LogP contribution in [0.4, 0.5) is 0 Å². The van der Waals surface area contributed by atoms with Gasteiger partial charge in [0.2, 0.25) is 11.8 Å². The van der Waals surface area contributed by atoms with Crippen molar-refractivity contribution in [1.29, 1.82) is 0 Å². The molecule has 2 amide bonds. The van der Waals surface area contributed by atoms with Gasteiger partial charge in [-0.2, -0.15) is 0 Å². The predicted molar refractivity (Wildman–Crippen MR) is 89.1 cm³/mol. The molecule has 6 heteroatoms. The van der Waals surface area contributed by atoms with Crippen molar-refractivity contribution in [2.45, 2.75) is 44.8 Å². The number of carbonyl (C=O) groups excluding carboxylic acids is 2. The summed E-state index contributed by atoms with van der Waals surface area (Å²) in [5.41, 5.74) is 0.583. The lowest BCUT2D eigenvalue weighted by molar-refractivity contribution is -0.142. The van der Waals surface area contributed by atoms with Gasteiger partial charge in [-0.1, -0.05) is 36.7 Å². The van der Waals surface area contributed by atoms with Crippen molar-refractivity contribution in [2.75, 3.05) is 13.1 Å². The molecule has 1 saturated heterocycles. The molecule has 1 aliphatic heterocycles. The number of aliphatic hydroxyl groups excluding tert-OH is 1. The maximum absolute atomic E-state index is 12.4. The Morgan fingerprint density at radius 1 is 1.39 bits per heavy atom. The van der Waals surface area contributed by atoms with Gasteiger partial charge in [0.1, 0.15) is 6.04 Å². The largest absolute Gasteiger partial charge is 0.387 e. The molecule has 1 aliphatic rings. The number of nitrogens with one attached hydrogen (secondary N) is 1.